The molecule has 440 valence electrons. The van der Waals surface area contributed by atoms with Crippen molar-refractivity contribution in [2.45, 2.75) is 225 Å². The number of hydrogen-bond donors (Lipinski definition) is 3. The Balaban J connectivity index is 2.79. The summed E-state index contributed by atoms with van der Waals surface area (Å²) in [6, 6.07) is 0. The van der Waals surface area contributed by atoms with E-state index in [-0.39, 0.29) is 25.9 Å². The molecule has 3 N–H and O–H groups in total. The minimum Gasteiger partial charge on any atom is -0.479 e. The summed E-state index contributed by atoms with van der Waals surface area (Å²) in [5, 5.41) is 31.5. The molecule has 6 atom stereocenters. The Morgan fingerprint density at radius 2 is 0.772 bits per heavy atom. The maximum atomic E-state index is 13.1. The molecule has 12 nitrogen and oxygen atoms in total. The highest BCUT2D eigenvalue weighted by Gasteiger charge is 2.50. The standard InChI is InChI=1S/C67H100O12/c1-4-7-10-13-16-19-22-25-28-30-33-35-38-41-44-47-50-53-59(68)75-56-58(77-60(69)54-51-48-45-42-39-36-32-27-24-21-18-15-12-9-6-3)57-76-67-65(63(72)62(71)64(79-67)66(73)74)78-61(70)55-52-49-46-43-40-37-34-31-29-26-23-20-17-14-11-8-5-2/h7-12,16-21,25-29,32-35,37,39,41-42,44,58,62-65,67,71-72H,4-6,13-15,22-24,30-31,36,38,40,43,45-57H2,1-3H3,(H,73,74)/b10-7-,11-8-,12-9-,19-16-,20-17-,21-18-,28-25-,29-26-,32-27-,35-33-,37-34-,42-39-,44-41-. The first-order valence-electron chi connectivity index (χ1n) is 29.5. The zero-order valence-corrected chi connectivity index (χ0v) is 48.3. The third-order valence-electron chi connectivity index (χ3n) is 12.1. The van der Waals surface area contributed by atoms with Crippen molar-refractivity contribution in [2.75, 3.05) is 13.2 Å². The number of esters is 3. The van der Waals surface area contributed by atoms with E-state index in [1.807, 2.05) is 12.2 Å². The van der Waals surface area contributed by atoms with E-state index in [9.17, 15) is 34.5 Å². The summed E-state index contributed by atoms with van der Waals surface area (Å²) >= 11 is 0. The molecule has 0 spiro atoms. The number of carbonyl (C=O) groups excluding carboxylic acids is 3. The minimum atomic E-state index is -1.94. The van der Waals surface area contributed by atoms with Crippen LogP contribution in [0.15, 0.2) is 158 Å². The molecule has 0 aliphatic carbocycles. The Kier molecular flexibility index (Phi) is 47.9. The monoisotopic (exact) mass is 1100 g/mol. The largest absolute Gasteiger partial charge is 0.479 e. The van der Waals surface area contributed by atoms with Gasteiger partial charge in [0, 0.05) is 19.3 Å². The van der Waals surface area contributed by atoms with Crippen molar-refractivity contribution >= 4 is 23.9 Å². The maximum absolute atomic E-state index is 13.1. The third-order valence-corrected chi connectivity index (χ3v) is 12.1. The third kappa shape index (κ3) is 42.9. The van der Waals surface area contributed by atoms with Crippen LogP contribution in [0.4, 0.5) is 0 Å². The Morgan fingerprint density at radius 3 is 1.20 bits per heavy atom. The van der Waals surface area contributed by atoms with Crippen LogP contribution in [0.2, 0.25) is 0 Å². The molecule has 1 saturated heterocycles. The fourth-order valence-electron chi connectivity index (χ4n) is 7.68. The predicted molar refractivity (Wildman–Crippen MR) is 321 cm³/mol. The number of hydrogen-bond acceptors (Lipinski definition) is 11. The van der Waals surface area contributed by atoms with E-state index in [1.165, 1.54) is 0 Å². The van der Waals surface area contributed by atoms with Crippen molar-refractivity contribution in [1.82, 2.24) is 0 Å². The summed E-state index contributed by atoms with van der Waals surface area (Å²) in [6.07, 6.45) is 65.0. The fraction of sp³-hybridized carbons (Fsp3) is 0.552. The van der Waals surface area contributed by atoms with Gasteiger partial charge in [-0.05, 0) is 135 Å². The van der Waals surface area contributed by atoms with Gasteiger partial charge in [0.25, 0.3) is 0 Å². The zero-order chi connectivity index (χ0) is 57.5. The molecule has 1 heterocycles. The van der Waals surface area contributed by atoms with Gasteiger partial charge >= 0.3 is 23.9 Å². The van der Waals surface area contributed by atoms with Gasteiger partial charge in [-0.15, -0.1) is 0 Å². The van der Waals surface area contributed by atoms with Gasteiger partial charge in [0.15, 0.2) is 24.6 Å². The molecule has 1 rings (SSSR count). The van der Waals surface area contributed by atoms with Crippen LogP contribution in [-0.4, -0.2) is 89.2 Å². The predicted octanol–water partition coefficient (Wildman–Crippen LogP) is 15.3. The Hall–Kier alpha value is -5.66. The van der Waals surface area contributed by atoms with Gasteiger partial charge in [-0.1, -0.05) is 192 Å². The molecule has 0 aromatic carbocycles. The van der Waals surface area contributed by atoms with Crippen LogP contribution in [0.3, 0.4) is 0 Å². The lowest BCUT2D eigenvalue weighted by Crippen LogP contribution is -2.61. The van der Waals surface area contributed by atoms with Crippen LogP contribution in [0.5, 0.6) is 0 Å². The van der Waals surface area contributed by atoms with Gasteiger partial charge in [-0.25, -0.2) is 4.79 Å². The minimum absolute atomic E-state index is 0.0118. The number of aliphatic carboxylic acids is 1. The average Bonchev–Trinajstić information content (AvgIpc) is 3.47. The molecule has 6 unspecified atom stereocenters. The van der Waals surface area contributed by atoms with E-state index in [1.54, 1.807) is 0 Å². The normalized spacial score (nSPS) is 19.0. The molecule has 0 aromatic heterocycles. The summed E-state index contributed by atoms with van der Waals surface area (Å²) in [5.74, 6) is -3.32. The van der Waals surface area contributed by atoms with Gasteiger partial charge in [-0.3, -0.25) is 14.4 Å². The van der Waals surface area contributed by atoms with Gasteiger partial charge in [-0.2, -0.15) is 0 Å². The number of carbonyl (C=O) groups is 4. The summed E-state index contributed by atoms with van der Waals surface area (Å²) in [7, 11) is 0. The van der Waals surface area contributed by atoms with E-state index < -0.39 is 67.3 Å². The summed E-state index contributed by atoms with van der Waals surface area (Å²) in [6.45, 7) is 5.53. The van der Waals surface area contributed by atoms with Crippen LogP contribution < -0.4 is 0 Å². The number of carboxylic acid groups (broad SMARTS) is 1. The molecule has 1 aliphatic heterocycles. The molecule has 1 fully saturated rings. The highest BCUT2D eigenvalue weighted by molar-refractivity contribution is 5.74. The molecule has 12 heteroatoms. The summed E-state index contributed by atoms with van der Waals surface area (Å²) < 4.78 is 28.3. The van der Waals surface area contributed by atoms with Crippen molar-refractivity contribution in [3.05, 3.63) is 158 Å². The molecule has 79 heavy (non-hydrogen) atoms. The van der Waals surface area contributed by atoms with Gasteiger partial charge in [0.2, 0.25) is 0 Å². The average molecular weight is 1100 g/mol. The molecule has 0 radical (unpaired) electrons. The quantitative estimate of drug-likeness (QED) is 0.0228. The van der Waals surface area contributed by atoms with E-state index >= 15 is 0 Å². The Morgan fingerprint density at radius 1 is 0.418 bits per heavy atom. The lowest BCUT2D eigenvalue weighted by Gasteiger charge is -2.40. The van der Waals surface area contributed by atoms with Gasteiger partial charge in [0.1, 0.15) is 18.8 Å². The van der Waals surface area contributed by atoms with Crippen LogP contribution in [0.25, 0.3) is 0 Å². The van der Waals surface area contributed by atoms with Crippen molar-refractivity contribution in [3.63, 3.8) is 0 Å². The molecular weight excluding hydrogens is 997 g/mol. The lowest BCUT2D eigenvalue weighted by atomic mass is 9.98. The van der Waals surface area contributed by atoms with Gasteiger partial charge in [0.05, 0.1) is 6.61 Å². The number of ether oxygens (including phenoxy) is 5. The SMILES string of the molecule is CC/C=C\C/C=C\C/C=C\C/C=C\C/C=C\CCCC(=O)OCC(COC1OC(C(=O)O)C(O)C(O)C1OC(=O)CCCCCC/C=C\C/C=C\C/C=C\C/C=C\CC)OC(=O)CCCC/C=C\C/C=C\C/C=C\C/C=C\CC. The molecule has 1 aliphatic rings. The molecule has 0 amide bonds. The first-order valence-corrected chi connectivity index (χ1v) is 29.5. The van der Waals surface area contributed by atoms with E-state index in [0.717, 1.165) is 122 Å². The fourth-order valence-corrected chi connectivity index (χ4v) is 7.68. The lowest BCUT2D eigenvalue weighted by molar-refractivity contribution is -0.301. The Bertz CT molecular complexity index is 1980. The van der Waals surface area contributed by atoms with E-state index in [0.29, 0.717) is 25.7 Å². The van der Waals surface area contributed by atoms with Gasteiger partial charge < -0.3 is 39.0 Å². The van der Waals surface area contributed by atoms with Crippen molar-refractivity contribution in [1.29, 1.82) is 0 Å². The van der Waals surface area contributed by atoms with E-state index in [2.05, 4.69) is 167 Å². The number of aliphatic hydroxyl groups excluding tert-OH is 2. The van der Waals surface area contributed by atoms with Crippen LogP contribution in [-0.2, 0) is 42.9 Å². The van der Waals surface area contributed by atoms with E-state index in [4.69, 9.17) is 23.7 Å². The number of aliphatic hydroxyl groups is 2. The first-order chi connectivity index (χ1) is 38.6. The number of unbranched alkanes of at least 4 members (excludes halogenated alkanes) is 7. The highest BCUT2D eigenvalue weighted by Crippen LogP contribution is 2.26. The molecule has 0 bridgehead atoms. The van der Waals surface area contributed by atoms with Crippen molar-refractivity contribution < 1.29 is 58.2 Å². The second kappa shape index (κ2) is 53.0. The molecular formula is C67H100O12. The number of carboxylic acids is 1. The first kappa shape index (κ1) is 71.4. The van der Waals surface area contributed by atoms with Crippen LogP contribution >= 0.6 is 0 Å². The summed E-state index contributed by atoms with van der Waals surface area (Å²) in [4.78, 5) is 51.1. The second-order valence-corrected chi connectivity index (χ2v) is 19.1. The molecule has 0 saturated carbocycles. The highest BCUT2D eigenvalue weighted by atomic mass is 16.7. The Labute approximate surface area is 475 Å². The maximum Gasteiger partial charge on any atom is 0.335 e. The van der Waals surface area contributed by atoms with Crippen molar-refractivity contribution in [3.8, 4) is 0 Å². The summed E-state index contributed by atoms with van der Waals surface area (Å²) in [5.41, 5.74) is 0. The topological polar surface area (TPSA) is 175 Å². The smallest absolute Gasteiger partial charge is 0.335 e. The second-order valence-electron chi connectivity index (χ2n) is 19.1. The number of rotatable bonds is 47. The van der Waals surface area contributed by atoms with Crippen LogP contribution in [0.1, 0.15) is 188 Å². The number of allylic oxidation sites excluding steroid dienone is 26. The zero-order valence-electron chi connectivity index (χ0n) is 48.3. The molecule has 0 aromatic rings. The van der Waals surface area contributed by atoms with Crippen molar-refractivity contribution in [2.24, 2.45) is 0 Å². The van der Waals surface area contributed by atoms with Crippen LogP contribution in [0, 0.1) is 0 Å².